The molecule has 1 amide bonds. The molecule has 20 heavy (non-hydrogen) atoms. The Hall–Kier alpha value is -1.21. The zero-order valence-electron chi connectivity index (χ0n) is 12.0. The van der Waals surface area contributed by atoms with E-state index in [2.05, 4.69) is 29.4 Å². The standard InChI is InChI=1S/C13H22N4O2S/c1-9(2)11-15-16-13(20)17(11)6-5-14-12(18)10-4-3-7-19-8-10/h9-10H,3-8H2,1-2H3,(H,14,18)(H,16,20)/t10-/m1/s1. The number of hydrogen-bond donors (Lipinski definition) is 2. The van der Waals surface area contributed by atoms with Gasteiger partial charge in [-0.1, -0.05) is 13.8 Å². The number of carbonyl (C=O) groups excluding carboxylic acids is 1. The molecule has 0 spiro atoms. The molecule has 0 bridgehead atoms. The van der Waals surface area contributed by atoms with E-state index in [4.69, 9.17) is 17.0 Å². The van der Waals surface area contributed by atoms with Crippen LogP contribution in [0.3, 0.4) is 0 Å². The van der Waals surface area contributed by atoms with Crippen LogP contribution in [0.5, 0.6) is 0 Å². The van der Waals surface area contributed by atoms with E-state index in [1.54, 1.807) is 0 Å². The predicted octanol–water partition coefficient (Wildman–Crippen LogP) is 1.61. The number of aromatic amines is 1. The summed E-state index contributed by atoms with van der Waals surface area (Å²) in [4.78, 5) is 12.0. The molecule has 1 fully saturated rings. The molecule has 0 unspecified atom stereocenters. The normalized spacial score (nSPS) is 19.2. The Morgan fingerprint density at radius 1 is 1.65 bits per heavy atom. The molecule has 0 saturated carbocycles. The molecule has 1 aliphatic heterocycles. The second kappa shape index (κ2) is 6.99. The molecule has 6 nitrogen and oxygen atoms in total. The summed E-state index contributed by atoms with van der Waals surface area (Å²) in [5, 5.41) is 9.98. The number of hydrogen-bond acceptors (Lipinski definition) is 4. The maximum absolute atomic E-state index is 12.0. The molecule has 1 aliphatic rings. The molecule has 1 aromatic rings. The second-order valence-electron chi connectivity index (χ2n) is 5.40. The van der Waals surface area contributed by atoms with Gasteiger partial charge in [-0.3, -0.25) is 9.89 Å². The summed E-state index contributed by atoms with van der Waals surface area (Å²) in [7, 11) is 0. The summed E-state index contributed by atoms with van der Waals surface area (Å²) in [5.74, 6) is 1.28. The molecule has 2 N–H and O–H groups in total. The summed E-state index contributed by atoms with van der Waals surface area (Å²) in [6.07, 6.45) is 1.87. The number of rotatable bonds is 5. The van der Waals surface area contributed by atoms with Crippen molar-refractivity contribution in [1.29, 1.82) is 0 Å². The molecule has 112 valence electrons. The first-order valence-electron chi connectivity index (χ1n) is 7.10. The number of carbonyl (C=O) groups is 1. The highest BCUT2D eigenvalue weighted by Gasteiger charge is 2.21. The van der Waals surface area contributed by atoms with Crippen LogP contribution < -0.4 is 5.32 Å². The van der Waals surface area contributed by atoms with Gasteiger partial charge in [-0.25, -0.2) is 0 Å². The first kappa shape index (κ1) is 15.2. The van der Waals surface area contributed by atoms with Crippen LogP contribution in [0.25, 0.3) is 0 Å². The minimum Gasteiger partial charge on any atom is -0.381 e. The molecule has 0 aromatic carbocycles. The Balaban J connectivity index is 1.85. The van der Waals surface area contributed by atoms with E-state index in [0.717, 1.165) is 25.3 Å². The van der Waals surface area contributed by atoms with E-state index in [1.807, 2.05) is 4.57 Å². The highest BCUT2D eigenvalue weighted by molar-refractivity contribution is 7.71. The Bertz CT molecular complexity index is 503. The van der Waals surface area contributed by atoms with Gasteiger partial charge in [0.25, 0.3) is 0 Å². The third-order valence-corrected chi connectivity index (χ3v) is 3.78. The third kappa shape index (κ3) is 3.67. The monoisotopic (exact) mass is 298 g/mol. The van der Waals surface area contributed by atoms with Gasteiger partial charge in [-0.15, -0.1) is 0 Å². The van der Waals surface area contributed by atoms with Crippen molar-refractivity contribution >= 4 is 18.1 Å². The fourth-order valence-corrected chi connectivity index (χ4v) is 2.60. The number of ether oxygens (including phenoxy) is 1. The smallest absolute Gasteiger partial charge is 0.225 e. The van der Waals surface area contributed by atoms with E-state index >= 15 is 0 Å². The molecular weight excluding hydrogens is 276 g/mol. The molecule has 1 aromatic heterocycles. The quantitative estimate of drug-likeness (QED) is 0.810. The minimum atomic E-state index is -0.00867. The highest BCUT2D eigenvalue weighted by atomic mass is 32.1. The second-order valence-corrected chi connectivity index (χ2v) is 5.79. The first-order valence-corrected chi connectivity index (χ1v) is 7.51. The molecular formula is C13H22N4O2S. The summed E-state index contributed by atoms with van der Waals surface area (Å²) >= 11 is 5.21. The van der Waals surface area contributed by atoms with Gasteiger partial charge < -0.3 is 14.6 Å². The minimum absolute atomic E-state index is 0.00867. The Kier molecular flexibility index (Phi) is 5.31. The number of amides is 1. The van der Waals surface area contributed by atoms with Gasteiger partial charge in [-0.2, -0.15) is 5.10 Å². The molecule has 0 aliphatic carbocycles. The molecule has 2 heterocycles. The number of aromatic nitrogens is 3. The fourth-order valence-electron chi connectivity index (χ4n) is 2.37. The summed E-state index contributed by atoms with van der Waals surface area (Å²) < 4.78 is 7.87. The number of nitrogens with zero attached hydrogens (tertiary/aromatic N) is 2. The average molecular weight is 298 g/mol. The van der Waals surface area contributed by atoms with Gasteiger partial charge in [0.15, 0.2) is 4.77 Å². The SMILES string of the molecule is CC(C)c1n[nH]c(=S)n1CCNC(=O)[C@@H]1CCCOC1. The number of H-pyrrole nitrogens is 1. The maximum atomic E-state index is 12.0. The Morgan fingerprint density at radius 3 is 3.10 bits per heavy atom. The third-order valence-electron chi connectivity index (χ3n) is 3.47. The van der Waals surface area contributed by atoms with Gasteiger partial charge in [0.2, 0.25) is 5.91 Å². The van der Waals surface area contributed by atoms with Crippen LogP contribution in [0.4, 0.5) is 0 Å². The van der Waals surface area contributed by atoms with E-state index in [-0.39, 0.29) is 11.8 Å². The maximum Gasteiger partial charge on any atom is 0.225 e. The lowest BCUT2D eigenvalue weighted by Crippen LogP contribution is -2.37. The van der Waals surface area contributed by atoms with Crippen molar-refractivity contribution in [2.24, 2.45) is 5.92 Å². The lowest BCUT2D eigenvalue weighted by molar-refractivity contribution is -0.128. The van der Waals surface area contributed by atoms with Crippen LogP contribution in [0, 0.1) is 10.7 Å². The van der Waals surface area contributed by atoms with Crippen molar-refractivity contribution in [3.05, 3.63) is 10.6 Å². The van der Waals surface area contributed by atoms with Crippen LogP contribution in [0.1, 0.15) is 38.4 Å². The summed E-state index contributed by atoms with van der Waals surface area (Å²) in [5.41, 5.74) is 0. The van der Waals surface area contributed by atoms with Crippen LogP contribution in [-0.4, -0.2) is 40.4 Å². The molecule has 1 saturated heterocycles. The predicted molar refractivity (Wildman–Crippen MR) is 78.1 cm³/mol. The van der Waals surface area contributed by atoms with Crippen molar-refractivity contribution in [2.75, 3.05) is 19.8 Å². The summed E-state index contributed by atoms with van der Waals surface area (Å²) in [6, 6.07) is 0. The average Bonchev–Trinajstić information content (AvgIpc) is 2.81. The lowest BCUT2D eigenvalue weighted by atomic mass is 10.0. The van der Waals surface area contributed by atoms with Crippen molar-refractivity contribution in [1.82, 2.24) is 20.1 Å². The van der Waals surface area contributed by atoms with E-state index in [1.165, 1.54) is 0 Å². The molecule has 0 radical (unpaired) electrons. The number of nitrogens with one attached hydrogen (secondary N) is 2. The van der Waals surface area contributed by atoms with Crippen molar-refractivity contribution in [3.8, 4) is 0 Å². The highest BCUT2D eigenvalue weighted by Crippen LogP contribution is 2.13. The largest absolute Gasteiger partial charge is 0.381 e. The Labute approximate surface area is 123 Å². The van der Waals surface area contributed by atoms with Crippen molar-refractivity contribution in [3.63, 3.8) is 0 Å². The van der Waals surface area contributed by atoms with Gasteiger partial charge >= 0.3 is 0 Å². The molecule has 7 heteroatoms. The zero-order valence-corrected chi connectivity index (χ0v) is 12.8. The van der Waals surface area contributed by atoms with Gasteiger partial charge in [0.1, 0.15) is 5.82 Å². The van der Waals surface area contributed by atoms with Crippen LogP contribution in [-0.2, 0) is 16.1 Å². The lowest BCUT2D eigenvalue weighted by Gasteiger charge is -2.21. The van der Waals surface area contributed by atoms with Crippen LogP contribution >= 0.6 is 12.2 Å². The van der Waals surface area contributed by atoms with Crippen LogP contribution in [0.15, 0.2) is 0 Å². The molecule has 1 atom stereocenters. The van der Waals surface area contributed by atoms with Gasteiger partial charge in [0.05, 0.1) is 12.5 Å². The first-order chi connectivity index (χ1) is 9.59. The van der Waals surface area contributed by atoms with E-state index in [0.29, 0.717) is 30.4 Å². The van der Waals surface area contributed by atoms with Crippen molar-refractivity contribution in [2.45, 2.75) is 39.2 Å². The van der Waals surface area contributed by atoms with Gasteiger partial charge in [0, 0.05) is 25.6 Å². The van der Waals surface area contributed by atoms with E-state index < -0.39 is 0 Å². The van der Waals surface area contributed by atoms with Gasteiger partial charge in [-0.05, 0) is 25.1 Å². The van der Waals surface area contributed by atoms with Crippen molar-refractivity contribution < 1.29 is 9.53 Å². The fraction of sp³-hybridized carbons (Fsp3) is 0.769. The zero-order chi connectivity index (χ0) is 14.5. The summed E-state index contributed by atoms with van der Waals surface area (Å²) in [6.45, 7) is 6.64. The molecule has 2 rings (SSSR count). The topological polar surface area (TPSA) is 71.9 Å². The van der Waals surface area contributed by atoms with Crippen LogP contribution in [0.2, 0.25) is 0 Å². The Morgan fingerprint density at radius 2 is 2.45 bits per heavy atom. The van der Waals surface area contributed by atoms with E-state index in [9.17, 15) is 4.79 Å².